The first-order valence-corrected chi connectivity index (χ1v) is 17.6. The van der Waals surface area contributed by atoms with Gasteiger partial charge in [0.1, 0.15) is 0 Å². The number of hydrogen-bond donors (Lipinski definition) is 0. The third-order valence-electron chi connectivity index (χ3n) is 9.43. The Balaban J connectivity index is 1.20. The summed E-state index contributed by atoms with van der Waals surface area (Å²) in [6, 6.07) is 59.8. The van der Waals surface area contributed by atoms with Gasteiger partial charge in [-0.15, -0.1) is 22.7 Å². The molecule has 0 saturated heterocycles. The largest absolute Gasteiger partial charge is 0.308 e. The Kier molecular flexibility index (Phi) is 5.98. The SMILES string of the molecule is c1ccc(-c2ccc3sc4c(-c5ccccc5-c5cccc6c5sc5c7ccccc7n(-c7ccccc7)c65)cccc4c3c2)cc1. The Morgan fingerprint density at radius 2 is 0.957 bits per heavy atom. The van der Waals surface area contributed by atoms with Crippen molar-refractivity contribution in [2.24, 2.45) is 0 Å². The van der Waals surface area contributed by atoms with Crippen LogP contribution in [-0.2, 0) is 0 Å². The maximum atomic E-state index is 2.45. The minimum absolute atomic E-state index is 1.19. The zero-order valence-corrected chi connectivity index (χ0v) is 27.0. The summed E-state index contributed by atoms with van der Waals surface area (Å²) in [6.45, 7) is 0. The van der Waals surface area contributed by atoms with Crippen LogP contribution in [-0.4, -0.2) is 4.57 Å². The molecule has 0 spiro atoms. The van der Waals surface area contributed by atoms with Crippen LogP contribution in [0.4, 0.5) is 0 Å². The lowest BCUT2D eigenvalue weighted by molar-refractivity contribution is 1.19. The molecule has 0 N–H and O–H groups in total. The molecule has 0 bridgehead atoms. The van der Waals surface area contributed by atoms with Gasteiger partial charge in [0, 0.05) is 52.5 Å². The Bertz CT molecular complexity index is 2780. The van der Waals surface area contributed by atoms with Crippen molar-refractivity contribution >= 4 is 74.1 Å². The van der Waals surface area contributed by atoms with Gasteiger partial charge in [0.25, 0.3) is 0 Å². The molecule has 0 radical (unpaired) electrons. The van der Waals surface area contributed by atoms with Crippen molar-refractivity contribution < 1.29 is 0 Å². The molecule has 10 rings (SSSR count). The number of fused-ring (bicyclic) bond motifs is 8. The first kappa shape index (κ1) is 26.7. The predicted molar refractivity (Wildman–Crippen MR) is 205 cm³/mol. The van der Waals surface area contributed by atoms with E-state index in [1.807, 2.05) is 22.7 Å². The van der Waals surface area contributed by atoms with Crippen LogP contribution in [0.25, 0.3) is 90.4 Å². The number of benzene rings is 7. The highest BCUT2D eigenvalue weighted by Gasteiger charge is 2.21. The van der Waals surface area contributed by atoms with Gasteiger partial charge in [-0.05, 0) is 52.6 Å². The fraction of sp³-hybridized carbons (Fsp3) is 0. The van der Waals surface area contributed by atoms with Gasteiger partial charge in [-0.1, -0.05) is 133 Å². The summed E-state index contributed by atoms with van der Waals surface area (Å²) in [7, 11) is 0. The molecule has 0 unspecified atom stereocenters. The monoisotopic (exact) mass is 633 g/mol. The Morgan fingerprint density at radius 1 is 0.362 bits per heavy atom. The topological polar surface area (TPSA) is 4.93 Å². The summed E-state index contributed by atoms with van der Waals surface area (Å²) in [4.78, 5) is 0. The Morgan fingerprint density at radius 3 is 1.72 bits per heavy atom. The number of hydrogen-bond acceptors (Lipinski definition) is 2. The van der Waals surface area contributed by atoms with E-state index in [2.05, 4.69) is 168 Å². The zero-order chi connectivity index (χ0) is 30.9. The normalized spacial score (nSPS) is 11.8. The van der Waals surface area contributed by atoms with E-state index in [1.54, 1.807) is 0 Å². The molecule has 0 fully saturated rings. The lowest BCUT2D eigenvalue weighted by atomic mass is 9.93. The molecule has 0 atom stereocenters. The number of aromatic nitrogens is 1. The summed E-state index contributed by atoms with van der Waals surface area (Å²) in [5.41, 5.74) is 11.4. The quantitative estimate of drug-likeness (QED) is 0.182. The van der Waals surface area contributed by atoms with Crippen molar-refractivity contribution in [3.8, 4) is 39.1 Å². The molecular weight excluding hydrogens is 607 g/mol. The molecular formula is C44H27NS2. The van der Waals surface area contributed by atoms with E-state index >= 15 is 0 Å². The van der Waals surface area contributed by atoms with Crippen LogP contribution >= 0.6 is 22.7 Å². The van der Waals surface area contributed by atoms with E-state index < -0.39 is 0 Å². The van der Waals surface area contributed by atoms with E-state index in [4.69, 9.17) is 0 Å². The molecule has 0 amide bonds. The smallest absolute Gasteiger partial charge is 0.0727 e. The Hall–Kier alpha value is -5.48. The molecule has 0 aliphatic carbocycles. The fourth-order valence-corrected chi connectivity index (χ4v) is 9.88. The van der Waals surface area contributed by atoms with Crippen molar-refractivity contribution in [1.82, 2.24) is 4.57 Å². The lowest BCUT2D eigenvalue weighted by Gasteiger charge is -2.13. The van der Waals surface area contributed by atoms with Crippen LogP contribution in [0, 0.1) is 0 Å². The van der Waals surface area contributed by atoms with Crippen LogP contribution in [0.15, 0.2) is 164 Å². The van der Waals surface area contributed by atoms with Crippen molar-refractivity contribution in [3.05, 3.63) is 164 Å². The molecule has 0 saturated carbocycles. The average molecular weight is 634 g/mol. The molecule has 1 nitrogen and oxygen atoms in total. The van der Waals surface area contributed by atoms with Crippen LogP contribution in [0.1, 0.15) is 0 Å². The molecule has 0 aliphatic heterocycles. The molecule has 7 aromatic carbocycles. The van der Waals surface area contributed by atoms with Gasteiger partial charge >= 0.3 is 0 Å². The summed E-state index contributed by atoms with van der Waals surface area (Å²) < 4.78 is 7.77. The number of rotatable bonds is 4. The second-order valence-electron chi connectivity index (χ2n) is 12.1. The molecule has 3 heteroatoms. The van der Waals surface area contributed by atoms with Gasteiger partial charge in [0.2, 0.25) is 0 Å². The summed E-state index contributed by atoms with van der Waals surface area (Å²) in [5, 5.41) is 5.24. The van der Waals surface area contributed by atoms with Crippen molar-refractivity contribution in [2.45, 2.75) is 0 Å². The van der Waals surface area contributed by atoms with E-state index in [0.717, 1.165) is 0 Å². The van der Waals surface area contributed by atoms with E-state index in [-0.39, 0.29) is 0 Å². The van der Waals surface area contributed by atoms with Gasteiger partial charge in [-0.3, -0.25) is 0 Å². The first-order chi connectivity index (χ1) is 23.3. The minimum Gasteiger partial charge on any atom is -0.308 e. The molecule has 0 aliphatic rings. The lowest BCUT2D eigenvalue weighted by Crippen LogP contribution is -1.93. The second kappa shape index (κ2) is 10.5. The van der Waals surface area contributed by atoms with E-state index in [9.17, 15) is 0 Å². The highest BCUT2D eigenvalue weighted by Crippen LogP contribution is 2.48. The van der Waals surface area contributed by atoms with Gasteiger partial charge in [0.15, 0.2) is 0 Å². The highest BCUT2D eigenvalue weighted by atomic mass is 32.1. The van der Waals surface area contributed by atoms with E-state index in [0.29, 0.717) is 0 Å². The van der Waals surface area contributed by atoms with Gasteiger partial charge in [-0.2, -0.15) is 0 Å². The maximum absolute atomic E-state index is 2.45. The fourth-order valence-electron chi connectivity index (χ4n) is 7.32. The van der Waals surface area contributed by atoms with Crippen LogP contribution < -0.4 is 0 Å². The maximum Gasteiger partial charge on any atom is 0.0727 e. The zero-order valence-electron chi connectivity index (χ0n) is 25.4. The summed E-state index contributed by atoms with van der Waals surface area (Å²) in [5.74, 6) is 0. The molecule has 3 heterocycles. The van der Waals surface area contributed by atoms with Crippen LogP contribution in [0.3, 0.4) is 0 Å². The predicted octanol–water partition coefficient (Wildman–Crippen LogP) is 13.4. The van der Waals surface area contributed by atoms with Gasteiger partial charge in [-0.25, -0.2) is 0 Å². The van der Waals surface area contributed by atoms with E-state index in [1.165, 1.54) is 90.4 Å². The van der Waals surface area contributed by atoms with Crippen molar-refractivity contribution in [1.29, 1.82) is 0 Å². The first-order valence-electron chi connectivity index (χ1n) is 15.9. The number of nitrogens with zero attached hydrogens (tertiary/aromatic N) is 1. The molecule has 220 valence electrons. The summed E-state index contributed by atoms with van der Waals surface area (Å²) >= 11 is 3.82. The van der Waals surface area contributed by atoms with Gasteiger partial charge < -0.3 is 4.57 Å². The average Bonchev–Trinajstić information content (AvgIpc) is 3.81. The third kappa shape index (κ3) is 4.07. The molecule has 3 aromatic heterocycles. The van der Waals surface area contributed by atoms with Gasteiger partial charge in [0.05, 0.1) is 15.7 Å². The number of thiophene rings is 2. The minimum atomic E-state index is 1.19. The second-order valence-corrected chi connectivity index (χ2v) is 14.1. The van der Waals surface area contributed by atoms with Crippen molar-refractivity contribution in [2.75, 3.05) is 0 Å². The third-order valence-corrected chi connectivity index (χ3v) is 11.9. The summed E-state index contributed by atoms with van der Waals surface area (Å²) in [6.07, 6.45) is 0. The van der Waals surface area contributed by atoms with Crippen molar-refractivity contribution in [3.63, 3.8) is 0 Å². The number of para-hydroxylation sites is 2. The highest BCUT2D eigenvalue weighted by molar-refractivity contribution is 7.27. The molecule has 10 aromatic rings. The van der Waals surface area contributed by atoms with Crippen LogP contribution in [0.2, 0.25) is 0 Å². The standard InChI is InChI=1S/C44H27NS2/c1-3-13-28(14-4-1)29-25-26-40-38(27-29)35-22-11-20-33(42(35)46-40)31-17-7-8-18-32(31)34-21-12-23-37-41-44(47-43(34)37)36-19-9-10-24-39(36)45(41)30-15-5-2-6-16-30/h1-27H. The Labute approximate surface area is 280 Å². The molecule has 47 heavy (non-hydrogen) atoms. The van der Waals surface area contributed by atoms with Crippen LogP contribution in [0.5, 0.6) is 0 Å².